The van der Waals surface area contributed by atoms with Gasteiger partial charge >= 0.3 is 0 Å². The molecule has 2 N–H and O–H groups in total. The summed E-state index contributed by atoms with van der Waals surface area (Å²) in [4.78, 5) is 33.6. The molecule has 4 aromatic rings. The first kappa shape index (κ1) is 18.3. The molecule has 6 heteroatoms. The van der Waals surface area contributed by atoms with Gasteiger partial charge in [0.1, 0.15) is 0 Å². The normalized spacial score (nSPS) is 10.5. The van der Waals surface area contributed by atoms with Gasteiger partial charge in [0.15, 0.2) is 0 Å². The maximum atomic E-state index is 12.7. The van der Waals surface area contributed by atoms with Gasteiger partial charge in [0.25, 0.3) is 11.8 Å². The summed E-state index contributed by atoms with van der Waals surface area (Å²) in [6.07, 6.45) is 5.06. The van der Waals surface area contributed by atoms with Crippen LogP contribution in [0.3, 0.4) is 0 Å². The van der Waals surface area contributed by atoms with E-state index >= 15 is 0 Å². The zero-order valence-electron chi connectivity index (χ0n) is 15.5. The molecule has 0 radical (unpaired) electrons. The molecule has 0 aliphatic heterocycles. The van der Waals surface area contributed by atoms with E-state index in [1.807, 2.05) is 36.4 Å². The standard InChI is InChI=1S/C23H18N4O2/c28-22(26-15-16-5-3-11-24-14-16)18-7-1-8-19(13-18)23(29)27-20-10-2-6-17-9-4-12-25-21(17)20/h1-14H,15H2,(H,26,28)(H,27,29). The maximum absolute atomic E-state index is 12.7. The lowest BCUT2D eigenvalue weighted by Gasteiger charge is -2.09. The molecule has 6 nitrogen and oxygen atoms in total. The molecule has 0 saturated carbocycles. The predicted molar refractivity (Wildman–Crippen MR) is 112 cm³/mol. The molecule has 2 amide bonds. The minimum Gasteiger partial charge on any atom is -0.348 e. The van der Waals surface area contributed by atoms with E-state index in [4.69, 9.17) is 0 Å². The average molecular weight is 382 g/mol. The number of fused-ring (bicyclic) bond motifs is 1. The Labute approximate surface area is 167 Å². The van der Waals surface area contributed by atoms with E-state index in [0.29, 0.717) is 28.9 Å². The van der Waals surface area contributed by atoms with Crippen molar-refractivity contribution >= 4 is 28.4 Å². The topological polar surface area (TPSA) is 84.0 Å². The number of carbonyl (C=O) groups is 2. The molecule has 0 unspecified atom stereocenters. The molecule has 0 aliphatic carbocycles. The van der Waals surface area contributed by atoms with E-state index < -0.39 is 0 Å². The van der Waals surface area contributed by atoms with Gasteiger partial charge < -0.3 is 10.6 Å². The zero-order valence-corrected chi connectivity index (χ0v) is 15.5. The second-order valence-corrected chi connectivity index (χ2v) is 6.46. The third-order valence-corrected chi connectivity index (χ3v) is 4.44. The quantitative estimate of drug-likeness (QED) is 0.550. The van der Waals surface area contributed by atoms with Gasteiger partial charge in [0.05, 0.1) is 11.2 Å². The summed E-state index contributed by atoms with van der Waals surface area (Å²) in [5.41, 5.74) is 3.05. The molecule has 0 aliphatic rings. The Morgan fingerprint density at radius 1 is 0.828 bits per heavy atom. The molecule has 2 heterocycles. The van der Waals surface area contributed by atoms with Crippen LogP contribution in [0, 0.1) is 0 Å². The lowest BCUT2D eigenvalue weighted by atomic mass is 10.1. The van der Waals surface area contributed by atoms with Crippen LogP contribution >= 0.6 is 0 Å². The largest absolute Gasteiger partial charge is 0.348 e. The number of nitrogens with one attached hydrogen (secondary N) is 2. The van der Waals surface area contributed by atoms with E-state index in [-0.39, 0.29) is 11.8 Å². The molecule has 0 fully saturated rings. The first-order valence-corrected chi connectivity index (χ1v) is 9.13. The molecular weight excluding hydrogens is 364 g/mol. The van der Waals surface area contributed by atoms with Crippen LogP contribution in [0.15, 0.2) is 85.3 Å². The number of pyridine rings is 2. The summed E-state index contributed by atoms with van der Waals surface area (Å²) in [6.45, 7) is 0.366. The van der Waals surface area contributed by atoms with Crippen LogP contribution in [0.25, 0.3) is 10.9 Å². The van der Waals surface area contributed by atoms with Gasteiger partial charge in [-0.1, -0.05) is 30.3 Å². The molecule has 2 aromatic heterocycles. The van der Waals surface area contributed by atoms with Crippen molar-refractivity contribution in [2.45, 2.75) is 6.54 Å². The van der Waals surface area contributed by atoms with Crippen LogP contribution in [0.1, 0.15) is 26.3 Å². The minimum absolute atomic E-state index is 0.254. The highest BCUT2D eigenvalue weighted by molar-refractivity contribution is 6.09. The van der Waals surface area contributed by atoms with E-state index in [1.165, 1.54) is 0 Å². The van der Waals surface area contributed by atoms with E-state index in [1.54, 1.807) is 48.9 Å². The van der Waals surface area contributed by atoms with Gasteiger partial charge in [-0.15, -0.1) is 0 Å². The SMILES string of the molecule is O=C(NCc1cccnc1)c1cccc(C(=O)Nc2cccc3cccnc23)c1. The first-order valence-electron chi connectivity index (χ1n) is 9.13. The van der Waals surface area contributed by atoms with Crippen molar-refractivity contribution in [3.63, 3.8) is 0 Å². The summed E-state index contributed by atoms with van der Waals surface area (Å²) in [5.74, 6) is -0.555. The number of amides is 2. The zero-order chi connectivity index (χ0) is 20.1. The fourth-order valence-electron chi connectivity index (χ4n) is 2.99. The molecule has 4 rings (SSSR count). The number of benzene rings is 2. The van der Waals surface area contributed by atoms with Crippen molar-refractivity contribution in [2.24, 2.45) is 0 Å². The van der Waals surface area contributed by atoms with Crippen molar-refractivity contribution in [1.29, 1.82) is 0 Å². The number of nitrogens with zero attached hydrogens (tertiary/aromatic N) is 2. The van der Waals surface area contributed by atoms with Crippen molar-refractivity contribution in [2.75, 3.05) is 5.32 Å². The second kappa shape index (κ2) is 8.31. The molecule has 0 atom stereocenters. The lowest BCUT2D eigenvalue weighted by Crippen LogP contribution is -2.23. The maximum Gasteiger partial charge on any atom is 0.255 e. The summed E-state index contributed by atoms with van der Waals surface area (Å²) >= 11 is 0. The molecular formula is C23H18N4O2. The van der Waals surface area contributed by atoms with Gasteiger partial charge in [0, 0.05) is 41.6 Å². The smallest absolute Gasteiger partial charge is 0.255 e. The van der Waals surface area contributed by atoms with Crippen molar-refractivity contribution in [3.05, 3.63) is 102 Å². The number of carbonyl (C=O) groups excluding carboxylic acids is 2. The molecule has 142 valence electrons. The second-order valence-electron chi connectivity index (χ2n) is 6.46. The van der Waals surface area contributed by atoms with Crippen LogP contribution in [0.2, 0.25) is 0 Å². The Bertz CT molecular complexity index is 1170. The first-order chi connectivity index (χ1) is 14.2. The number of rotatable bonds is 5. The Morgan fingerprint density at radius 2 is 1.59 bits per heavy atom. The van der Waals surface area contributed by atoms with Crippen molar-refractivity contribution in [1.82, 2.24) is 15.3 Å². The summed E-state index contributed by atoms with van der Waals surface area (Å²) in [7, 11) is 0. The highest BCUT2D eigenvalue weighted by Crippen LogP contribution is 2.21. The fraction of sp³-hybridized carbons (Fsp3) is 0.0435. The van der Waals surface area contributed by atoms with Gasteiger partial charge in [-0.25, -0.2) is 0 Å². The molecule has 2 aromatic carbocycles. The van der Waals surface area contributed by atoms with Gasteiger partial charge in [0.2, 0.25) is 0 Å². The Morgan fingerprint density at radius 3 is 2.41 bits per heavy atom. The molecule has 0 saturated heterocycles. The van der Waals surface area contributed by atoms with Crippen LogP contribution in [0.5, 0.6) is 0 Å². The summed E-state index contributed by atoms with van der Waals surface area (Å²) in [6, 6.07) is 19.7. The molecule has 29 heavy (non-hydrogen) atoms. The third-order valence-electron chi connectivity index (χ3n) is 4.44. The van der Waals surface area contributed by atoms with Gasteiger partial charge in [-0.05, 0) is 42.0 Å². The Hall–Kier alpha value is -4.06. The van der Waals surface area contributed by atoms with Crippen molar-refractivity contribution < 1.29 is 9.59 Å². The van der Waals surface area contributed by atoms with Crippen LogP contribution in [-0.2, 0) is 6.54 Å². The monoisotopic (exact) mass is 382 g/mol. The van der Waals surface area contributed by atoms with Crippen molar-refractivity contribution in [3.8, 4) is 0 Å². The van der Waals surface area contributed by atoms with Crippen LogP contribution in [0.4, 0.5) is 5.69 Å². The lowest BCUT2D eigenvalue weighted by molar-refractivity contribution is 0.0951. The third kappa shape index (κ3) is 4.27. The predicted octanol–water partition coefficient (Wildman–Crippen LogP) is 3.81. The summed E-state index contributed by atoms with van der Waals surface area (Å²) in [5, 5.41) is 6.66. The fourth-order valence-corrected chi connectivity index (χ4v) is 2.99. The van der Waals surface area contributed by atoms with Crippen LogP contribution < -0.4 is 10.6 Å². The van der Waals surface area contributed by atoms with E-state index in [0.717, 1.165) is 10.9 Å². The number of hydrogen-bond donors (Lipinski definition) is 2. The summed E-state index contributed by atoms with van der Waals surface area (Å²) < 4.78 is 0. The van der Waals surface area contributed by atoms with E-state index in [9.17, 15) is 9.59 Å². The Kier molecular flexibility index (Phi) is 5.25. The van der Waals surface area contributed by atoms with Gasteiger partial charge in [-0.3, -0.25) is 19.6 Å². The van der Waals surface area contributed by atoms with E-state index in [2.05, 4.69) is 20.6 Å². The number of hydrogen-bond acceptors (Lipinski definition) is 4. The molecule has 0 spiro atoms. The van der Waals surface area contributed by atoms with Crippen LogP contribution in [-0.4, -0.2) is 21.8 Å². The number of para-hydroxylation sites is 1. The highest BCUT2D eigenvalue weighted by Gasteiger charge is 2.12. The average Bonchev–Trinajstić information content (AvgIpc) is 2.78. The minimum atomic E-state index is -0.301. The highest BCUT2D eigenvalue weighted by atomic mass is 16.2. The Balaban J connectivity index is 1.49. The van der Waals surface area contributed by atoms with Gasteiger partial charge in [-0.2, -0.15) is 0 Å². The number of aromatic nitrogens is 2. The molecule has 0 bridgehead atoms. The number of anilines is 1.